The molecule has 0 aromatic heterocycles. The number of hydrogen-bond donors (Lipinski definition) is 0. The van der Waals surface area contributed by atoms with E-state index in [9.17, 15) is 4.79 Å². The molecule has 0 aliphatic carbocycles. The second-order valence-corrected chi connectivity index (χ2v) is 2.48. The zero-order valence-electron chi connectivity index (χ0n) is 5.38. The lowest BCUT2D eigenvalue weighted by Gasteiger charge is -1.92. The Bertz CT molecular complexity index is 218. The third kappa shape index (κ3) is 1.67. The number of ketones is 1. The van der Waals surface area contributed by atoms with E-state index in [0.717, 1.165) is 5.56 Å². The molecule has 0 unspecified atom stereocenters. The van der Waals surface area contributed by atoms with Crippen LogP contribution in [0.5, 0.6) is 0 Å². The fourth-order valence-electron chi connectivity index (χ4n) is 0.701. The first-order chi connectivity index (χ1) is 4.84. The summed E-state index contributed by atoms with van der Waals surface area (Å²) in [6.45, 7) is 0. The zero-order chi connectivity index (χ0) is 7.40. The van der Waals surface area contributed by atoms with Gasteiger partial charge in [0.15, 0.2) is 5.78 Å². The molecule has 2 heteroatoms. The highest BCUT2D eigenvalue weighted by molar-refractivity contribution is 9.09. The van der Waals surface area contributed by atoms with Crippen LogP contribution < -0.4 is 0 Å². The van der Waals surface area contributed by atoms with Crippen LogP contribution in [0.15, 0.2) is 30.3 Å². The molecule has 0 aliphatic heterocycles. The van der Waals surface area contributed by atoms with Crippen molar-refractivity contribution in [1.82, 2.24) is 0 Å². The minimum absolute atomic E-state index is 0.126. The number of alkyl halides is 1. The van der Waals surface area contributed by atoms with E-state index in [1.54, 1.807) is 0 Å². The molecule has 0 saturated heterocycles. The van der Waals surface area contributed by atoms with E-state index in [4.69, 9.17) is 0 Å². The van der Waals surface area contributed by atoms with Crippen LogP contribution in [-0.2, 0) is 0 Å². The molecule has 1 rings (SSSR count). The monoisotopic (exact) mass is 200 g/mol. The van der Waals surface area contributed by atoms with Gasteiger partial charge in [-0.1, -0.05) is 46.3 Å². The van der Waals surface area contributed by atoms with Crippen LogP contribution in [0, 0.1) is 0 Å². The van der Waals surface area contributed by atoms with Gasteiger partial charge >= 0.3 is 0 Å². The Hall–Kier alpha value is -0.630. The van der Waals surface area contributed by atoms with Crippen LogP contribution in [0.2, 0.25) is 0 Å². The quantitative estimate of drug-likeness (QED) is 0.407. The fourth-order valence-corrected chi connectivity index (χ4v) is 1.02. The molecule has 0 amide bonds. The van der Waals surface area contributed by atoms with E-state index < -0.39 is 0 Å². The first-order valence-corrected chi connectivity index (χ1v) is 4.11. The Balaban J connectivity index is 2.85. The summed E-state index contributed by atoms with van der Waals surface area (Å²) in [7, 11) is 0. The van der Waals surface area contributed by atoms with Gasteiger partial charge < -0.3 is 0 Å². The van der Waals surface area contributed by atoms with Crippen molar-refractivity contribution in [2.24, 2.45) is 0 Å². The molecule has 0 radical (unpaired) electrons. The summed E-state index contributed by atoms with van der Waals surface area (Å²) in [6.07, 6.45) is 0. The molecule has 52 valence electrons. The lowest BCUT2D eigenvalue weighted by Crippen LogP contribution is -1.98. The summed E-state index contributed by atoms with van der Waals surface area (Å²) in [5.41, 5.74) is 0.763. The smallest absolute Gasteiger partial charge is 0.173 e. The van der Waals surface area contributed by atoms with Crippen LogP contribution >= 0.6 is 15.9 Å². The van der Waals surface area contributed by atoms with E-state index in [1.807, 2.05) is 30.3 Å². The summed E-state index contributed by atoms with van der Waals surface area (Å²) in [5, 5.41) is 0.400. The molecule has 0 fully saturated rings. The van der Waals surface area contributed by atoms with Crippen molar-refractivity contribution in [1.29, 1.82) is 0 Å². The highest BCUT2D eigenvalue weighted by Crippen LogP contribution is 2.01. The predicted octanol–water partition coefficient (Wildman–Crippen LogP) is 2.26. The Morgan fingerprint density at radius 2 is 1.90 bits per heavy atom. The maximum atomic E-state index is 11.0. The molecule has 0 bridgehead atoms. The first-order valence-electron chi connectivity index (χ1n) is 2.99. The second kappa shape index (κ2) is 3.52. The van der Waals surface area contributed by atoms with Gasteiger partial charge in [-0.2, -0.15) is 0 Å². The van der Waals surface area contributed by atoms with Gasteiger partial charge in [0.1, 0.15) is 0 Å². The van der Waals surface area contributed by atoms with Gasteiger partial charge in [0.25, 0.3) is 0 Å². The van der Waals surface area contributed by atoms with Crippen molar-refractivity contribution >= 4 is 21.7 Å². The molecule has 0 spiro atoms. The van der Waals surface area contributed by atoms with Gasteiger partial charge in [0.2, 0.25) is 0 Å². The van der Waals surface area contributed by atoms with Gasteiger partial charge in [0.05, 0.1) is 5.33 Å². The van der Waals surface area contributed by atoms with Gasteiger partial charge in [0, 0.05) is 5.56 Å². The Morgan fingerprint density at radius 1 is 1.30 bits per heavy atom. The molecule has 10 heavy (non-hydrogen) atoms. The van der Waals surface area contributed by atoms with E-state index in [-0.39, 0.29) is 5.78 Å². The van der Waals surface area contributed by atoms with Crippen molar-refractivity contribution in [2.45, 2.75) is 0 Å². The molecular formula is C8H7BrO. The zero-order valence-corrected chi connectivity index (χ0v) is 6.97. The molecule has 0 saturated carbocycles. The highest BCUT2D eigenvalue weighted by atomic mass is 79.9. The Labute approximate surface area is 68.2 Å². The number of Topliss-reactive ketones (excluding diaryl/α,β-unsaturated/α-hetero) is 1. The number of halogens is 1. The number of benzene rings is 1. The summed E-state index contributed by atoms with van der Waals surface area (Å²) in [6, 6.07) is 9.23. The standard InChI is InChI=1S/C8H7BrO/c9-6-8(10)7-4-2-1-3-5-7/h1-5H,6H2/i10+2. The number of rotatable bonds is 2. The summed E-state index contributed by atoms with van der Waals surface area (Å²) in [5.74, 6) is 0.126. The van der Waals surface area contributed by atoms with Crippen molar-refractivity contribution in [2.75, 3.05) is 5.33 Å². The maximum absolute atomic E-state index is 11.0. The molecule has 1 aromatic carbocycles. The average molecular weight is 201 g/mol. The first kappa shape index (κ1) is 7.48. The van der Waals surface area contributed by atoms with Gasteiger partial charge in [-0.25, -0.2) is 0 Å². The van der Waals surface area contributed by atoms with Crippen molar-refractivity contribution in [3.63, 3.8) is 0 Å². The van der Waals surface area contributed by atoms with Gasteiger partial charge in [-0.15, -0.1) is 0 Å². The fraction of sp³-hybridized carbons (Fsp3) is 0.125. The highest BCUT2D eigenvalue weighted by Gasteiger charge is 1.99. The van der Waals surface area contributed by atoms with E-state index >= 15 is 0 Å². The van der Waals surface area contributed by atoms with E-state index in [1.165, 1.54) is 0 Å². The molecule has 0 aliphatic rings. The topological polar surface area (TPSA) is 17.1 Å². The predicted molar refractivity (Wildman–Crippen MR) is 44.6 cm³/mol. The Morgan fingerprint density at radius 3 is 2.40 bits per heavy atom. The molecule has 0 N–H and O–H groups in total. The summed E-state index contributed by atoms with van der Waals surface area (Å²) in [4.78, 5) is 11.0. The third-order valence-corrected chi connectivity index (χ3v) is 1.73. The largest absolute Gasteiger partial charge is 0.293 e. The molecule has 0 heterocycles. The lowest BCUT2D eigenvalue weighted by molar-refractivity contribution is 0.102. The summed E-state index contributed by atoms with van der Waals surface area (Å²) < 4.78 is 0. The van der Waals surface area contributed by atoms with Crippen LogP contribution in [0.3, 0.4) is 0 Å². The average Bonchev–Trinajstić information content (AvgIpc) is 2.05. The number of hydrogen-bond acceptors (Lipinski definition) is 1. The third-order valence-electron chi connectivity index (χ3n) is 1.22. The van der Waals surface area contributed by atoms with Gasteiger partial charge in [-0.3, -0.25) is 4.79 Å². The van der Waals surface area contributed by atoms with Crippen LogP contribution in [-0.4, -0.2) is 11.1 Å². The number of carbonyl (C=O) groups is 1. The van der Waals surface area contributed by atoms with Crippen LogP contribution in [0.1, 0.15) is 10.4 Å². The molecular weight excluding hydrogens is 194 g/mol. The van der Waals surface area contributed by atoms with Crippen LogP contribution in [0.25, 0.3) is 0 Å². The molecule has 0 atom stereocenters. The second-order valence-electron chi connectivity index (χ2n) is 1.92. The summed E-state index contributed by atoms with van der Waals surface area (Å²) >= 11 is 3.10. The van der Waals surface area contributed by atoms with Gasteiger partial charge in [-0.05, 0) is 0 Å². The number of carbonyl (C=O) groups excluding carboxylic acids is 1. The normalized spacial score (nSPS) is 9.30. The van der Waals surface area contributed by atoms with Crippen molar-refractivity contribution in [3.05, 3.63) is 35.9 Å². The minimum Gasteiger partial charge on any atom is -0.293 e. The van der Waals surface area contributed by atoms with Crippen LogP contribution in [0.4, 0.5) is 0 Å². The molecule has 1 nitrogen and oxygen atoms in total. The lowest BCUT2D eigenvalue weighted by atomic mass is 10.2. The minimum atomic E-state index is 0.126. The maximum Gasteiger partial charge on any atom is 0.173 e. The van der Waals surface area contributed by atoms with Crippen molar-refractivity contribution in [3.8, 4) is 0 Å². The molecule has 1 aromatic rings. The SMILES string of the molecule is [18O]=C(CBr)c1ccccc1. The van der Waals surface area contributed by atoms with E-state index in [0.29, 0.717) is 5.33 Å². The van der Waals surface area contributed by atoms with E-state index in [2.05, 4.69) is 15.9 Å². The van der Waals surface area contributed by atoms with Crippen molar-refractivity contribution < 1.29 is 4.79 Å². The Kier molecular flexibility index (Phi) is 2.63.